The first-order chi connectivity index (χ1) is 8.75. The van der Waals surface area contributed by atoms with E-state index in [1.165, 1.54) is 0 Å². The Labute approximate surface area is 105 Å². The molecule has 1 atom stereocenters. The van der Waals surface area contributed by atoms with E-state index >= 15 is 0 Å². The largest absolute Gasteiger partial charge is 0.508 e. The highest BCUT2D eigenvalue weighted by Crippen LogP contribution is 2.34. The number of fused-ring (bicyclic) bond motifs is 1. The summed E-state index contributed by atoms with van der Waals surface area (Å²) in [7, 11) is 0. The molecule has 0 aromatic heterocycles. The molecule has 0 fully saturated rings. The summed E-state index contributed by atoms with van der Waals surface area (Å²) in [6, 6.07) is 14.8. The summed E-state index contributed by atoms with van der Waals surface area (Å²) in [4.78, 5) is 12.1. The number of hydrogen-bond donors (Lipinski definition) is 2. The van der Waals surface area contributed by atoms with Gasteiger partial charge in [0.2, 0.25) is 5.91 Å². The number of carbonyl (C=O) groups is 1. The first kappa shape index (κ1) is 10.8. The van der Waals surface area contributed by atoms with Crippen LogP contribution in [0.2, 0.25) is 0 Å². The summed E-state index contributed by atoms with van der Waals surface area (Å²) >= 11 is 0. The third-order valence-electron chi connectivity index (χ3n) is 3.33. The van der Waals surface area contributed by atoms with Crippen molar-refractivity contribution in [2.24, 2.45) is 0 Å². The van der Waals surface area contributed by atoms with Gasteiger partial charge in [0.1, 0.15) is 5.75 Å². The lowest BCUT2D eigenvalue weighted by atomic mass is 9.87. The third-order valence-corrected chi connectivity index (χ3v) is 3.33. The van der Waals surface area contributed by atoms with Crippen molar-refractivity contribution in [2.75, 3.05) is 5.32 Å². The zero-order chi connectivity index (χ0) is 12.5. The lowest BCUT2D eigenvalue weighted by Crippen LogP contribution is -2.28. The van der Waals surface area contributed by atoms with Crippen LogP contribution in [0.15, 0.2) is 48.5 Å². The molecule has 18 heavy (non-hydrogen) atoms. The molecule has 0 bridgehead atoms. The van der Waals surface area contributed by atoms with Gasteiger partial charge in [-0.1, -0.05) is 36.4 Å². The molecular weight excluding hydrogens is 226 g/mol. The quantitative estimate of drug-likeness (QED) is 0.803. The van der Waals surface area contributed by atoms with Gasteiger partial charge in [-0.3, -0.25) is 4.79 Å². The van der Waals surface area contributed by atoms with E-state index in [0.717, 1.165) is 11.3 Å². The van der Waals surface area contributed by atoms with Crippen molar-refractivity contribution in [3.63, 3.8) is 0 Å². The average Bonchev–Trinajstić information content (AvgIpc) is 2.39. The maximum absolute atomic E-state index is 12.1. The second kappa shape index (κ2) is 4.18. The fourth-order valence-electron chi connectivity index (χ4n) is 2.39. The van der Waals surface area contributed by atoms with E-state index in [0.29, 0.717) is 12.0 Å². The highest BCUT2D eigenvalue weighted by atomic mass is 16.3. The number of hydrogen-bond acceptors (Lipinski definition) is 2. The average molecular weight is 239 g/mol. The summed E-state index contributed by atoms with van der Waals surface area (Å²) in [5.74, 6) is -0.201. The molecule has 3 nitrogen and oxygen atoms in total. The Hall–Kier alpha value is -2.29. The van der Waals surface area contributed by atoms with Crippen LogP contribution in [0.3, 0.4) is 0 Å². The molecule has 2 N–H and O–H groups in total. The smallest absolute Gasteiger partial charge is 0.232 e. The van der Waals surface area contributed by atoms with Crippen LogP contribution >= 0.6 is 0 Å². The van der Waals surface area contributed by atoms with Gasteiger partial charge in [-0.2, -0.15) is 0 Å². The normalized spacial score (nSPS) is 18.0. The highest BCUT2D eigenvalue weighted by Gasteiger charge is 2.28. The number of phenolic OH excluding ortho intramolecular Hbond substituents is 1. The summed E-state index contributed by atoms with van der Waals surface area (Å²) < 4.78 is 0. The SMILES string of the molecule is O=C1Nc2ccccc2C[C@@H]1c1ccccc1O. The Bertz CT molecular complexity index is 607. The summed E-state index contributed by atoms with van der Waals surface area (Å²) in [5, 5.41) is 12.7. The first-order valence-electron chi connectivity index (χ1n) is 5.92. The van der Waals surface area contributed by atoms with Crippen LogP contribution in [0.25, 0.3) is 0 Å². The fraction of sp³-hybridized carbons (Fsp3) is 0.133. The Morgan fingerprint density at radius 2 is 1.78 bits per heavy atom. The van der Waals surface area contributed by atoms with Gasteiger partial charge in [0.15, 0.2) is 0 Å². The highest BCUT2D eigenvalue weighted by molar-refractivity contribution is 5.99. The van der Waals surface area contributed by atoms with Crippen molar-refractivity contribution in [1.82, 2.24) is 0 Å². The van der Waals surface area contributed by atoms with Crippen LogP contribution in [0, 0.1) is 0 Å². The molecule has 0 saturated carbocycles. The van der Waals surface area contributed by atoms with Crippen LogP contribution in [0.1, 0.15) is 17.0 Å². The number of rotatable bonds is 1. The number of para-hydroxylation sites is 2. The van der Waals surface area contributed by atoms with E-state index in [2.05, 4.69) is 5.32 Å². The number of carbonyl (C=O) groups excluding carboxylic acids is 1. The molecule has 1 heterocycles. The molecule has 1 amide bonds. The minimum atomic E-state index is -0.318. The number of anilines is 1. The maximum atomic E-state index is 12.1. The molecule has 0 unspecified atom stereocenters. The van der Waals surface area contributed by atoms with Gasteiger partial charge in [-0.15, -0.1) is 0 Å². The first-order valence-corrected chi connectivity index (χ1v) is 5.92. The summed E-state index contributed by atoms with van der Waals surface area (Å²) in [5.41, 5.74) is 2.66. The van der Waals surface area contributed by atoms with Crippen molar-refractivity contribution >= 4 is 11.6 Å². The van der Waals surface area contributed by atoms with Gasteiger partial charge in [0.05, 0.1) is 5.92 Å². The van der Waals surface area contributed by atoms with E-state index in [9.17, 15) is 9.90 Å². The van der Waals surface area contributed by atoms with Crippen molar-refractivity contribution < 1.29 is 9.90 Å². The minimum Gasteiger partial charge on any atom is -0.508 e. The maximum Gasteiger partial charge on any atom is 0.232 e. The number of benzene rings is 2. The molecule has 0 aliphatic carbocycles. The third kappa shape index (κ3) is 1.74. The van der Waals surface area contributed by atoms with Gasteiger partial charge in [-0.25, -0.2) is 0 Å². The number of aromatic hydroxyl groups is 1. The predicted molar refractivity (Wildman–Crippen MR) is 69.6 cm³/mol. The molecule has 0 saturated heterocycles. The van der Waals surface area contributed by atoms with Crippen molar-refractivity contribution in [1.29, 1.82) is 0 Å². The van der Waals surface area contributed by atoms with Crippen LogP contribution in [0.5, 0.6) is 5.75 Å². The molecule has 3 rings (SSSR count). The van der Waals surface area contributed by atoms with E-state index in [4.69, 9.17) is 0 Å². The molecule has 0 spiro atoms. The Kier molecular flexibility index (Phi) is 2.52. The van der Waals surface area contributed by atoms with Crippen LogP contribution in [-0.2, 0) is 11.2 Å². The van der Waals surface area contributed by atoms with E-state index in [-0.39, 0.29) is 17.6 Å². The summed E-state index contributed by atoms with van der Waals surface area (Å²) in [6.45, 7) is 0. The van der Waals surface area contributed by atoms with E-state index in [1.807, 2.05) is 30.3 Å². The van der Waals surface area contributed by atoms with Crippen molar-refractivity contribution in [3.05, 3.63) is 59.7 Å². The number of phenols is 1. The standard InChI is InChI=1S/C15H13NO2/c17-14-8-4-2-6-11(14)12-9-10-5-1-3-7-13(10)16-15(12)18/h1-8,12,17H,9H2,(H,16,18)/t12-/m1/s1. The van der Waals surface area contributed by atoms with Crippen LogP contribution in [0.4, 0.5) is 5.69 Å². The van der Waals surface area contributed by atoms with Gasteiger partial charge in [0, 0.05) is 11.3 Å². The molecule has 2 aromatic carbocycles. The Morgan fingerprint density at radius 1 is 1.06 bits per heavy atom. The molecule has 90 valence electrons. The van der Waals surface area contributed by atoms with Gasteiger partial charge in [-0.05, 0) is 24.1 Å². The molecule has 1 aliphatic heterocycles. The minimum absolute atomic E-state index is 0.0600. The van der Waals surface area contributed by atoms with E-state index in [1.54, 1.807) is 18.2 Å². The zero-order valence-electron chi connectivity index (χ0n) is 9.76. The van der Waals surface area contributed by atoms with Gasteiger partial charge in [0.25, 0.3) is 0 Å². The Balaban J connectivity index is 2.01. The lowest BCUT2D eigenvalue weighted by molar-refractivity contribution is -0.117. The van der Waals surface area contributed by atoms with Crippen molar-refractivity contribution in [2.45, 2.75) is 12.3 Å². The molecule has 0 radical (unpaired) electrons. The fourth-order valence-corrected chi connectivity index (χ4v) is 2.39. The van der Waals surface area contributed by atoms with Gasteiger partial charge < -0.3 is 10.4 Å². The molecule has 2 aromatic rings. The predicted octanol–water partition coefficient (Wildman–Crippen LogP) is 2.67. The zero-order valence-corrected chi connectivity index (χ0v) is 9.76. The topological polar surface area (TPSA) is 49.3 Å². The second-order valence-corrected chi connectivity index (χ2v) is 4.46. The number of nitrogens with one attached hydrogen (secondary N) is 1. The van der Waals surface area contributed by atoms with Crippen molar-refractivity contribution in [3.8, 4) is 5.75 Å². The monoisotopic (exact) mass is 239 g/mol. The molecular formula is C15H13NO2. The second-order valence-electron chi connectivity index (χ2n) is 4.46. The number of amides is 1. The van der Waals surface area contributed by atoms with Crippen LogP contribution in [-0.4, -0.2) is 11.0 Å². The van der Waals surface area contributed by atoms with Crippen LogP contribution < -0.4 is 5.32 Å². The Morgan fingerprint density at radius 3 is 2.61 bits per heavy atom. The molecule has 1 aliphatic rings. The van der Waals surface area contributed by atoms with Gasteiger partial charge >= 0.3 is 0 Å². The lowest BCUT2D eigenvalue weighted by Gasteiger charge is -2.25. The van der Waals surface area contributed by atoms with E-state index < -0.39 is 0 Å². The molecule has 3 heteroatoms. The summed E-state index contributed by atoms with van der Waals surface area (Å²) in [6.07, 6.45) is 0.625.